The first-order valence-corrected chi connectivity index (χ1v) is 11.3. The summed E-state index contributed by atoms with van der Waals surface area (Å²) in [5, 5.41) is 5.51. The SMILES string of the molecule is CC(C)NC(=O)Nc1cccc(C(=O)N2CCC(C(=O)c3ccc4c(c3)OCCO4)CC2)c1. The van der Waals surface area contributed by atoms with Gasteiger partial charge < -0.3 is 25.0 Å². The maximum atomic E-state index is 13.0. The number of hydrogen-bond donors (Lipinski definition) is 2. The van der Waals surface area contributed by atoms with Crippen molar-refractivity contribution in [2.75, 3.05) is 31.6 Å². The number of hydrogen-bond acceptors (Lipinski definition) is 5. The third-order valence-electron chi connectivity index (χ3n) is 5.77. The smallest absolute Gasteiger partial charge is 0.319 e. The van der Waals surface area contributed by atoms with E-state index in [1.807, 2.05) is 13.8 Å². The van der Waals surface area contributed by atoms with Gasteiger partial charge in [-0.2, -0.15) is 0 Å². The van der Waals surface area contributed by atoms with Crippen LogP contribution in [0.15, 0.2) is 42.5 Å². The number of amides is 3. The topological polar surface area (TPSA) is 97.0 Å². The van der Waals surface area contributed by atoms with Gasteiger partial charge in [0.05, 0.1) is 0 Å². The molecule has 8 heteroatoms. The highest BCUT2D eigenvalue weighted by Gasteiger charge is 2.29. The van der Waals surface area contributed by atoms with Gasteiger partial charge in [-0.05, 0) is 63.1 Å². The fourth-order valence-electron chi connectivity index (χ4n) is 4.12. The van der Waals surface area contributed by atoms with Gasteiger partial charge in [-0.25, -0.2) is 4.79 Å². The predicted octanol–water partition coefficient (Wildman–Crippen LogP) is 3.72. The molecule has 2 aromatic rings. The molecule has 2 aliphatic rings. The minimum atomic E-state index is -0.312. The molecule has 2 N–H and O–H groups in total. The average molecular weight is 452 g/mol. The molecule has 33 heavy (non-hydrogen) atoms. The Bertz CT molecular complexity index is 1040. The van der Waals surface area contributed by atoms with E-state index in [2.05, 4.69) is 10.6 Å². The van der Waals surface area contributed by atoms with Crippen molar-refractivity contribution in [3.8, 4) is 11.5 Å². The third-order valence-corrected chi connectivity index (χ3v) is 5.77. The number of fused-ring (bicyclic) bond motifs is 1. The van der Waals surface area contributed by atoms with E-state index in [1.165, 1.54) is 0 Å². The molecule has 3 amide bonds. The lowest BCUT2D eigenvalue weighted by atomic mass is 9.88. The summed E-state index contributed by atoms with van der Waals surface area (Å²) in [6.45, 7) is 5.75. The van der Waals surface area contributed by atoms with Crippen LogP contribution in [0.5, 0.6) is 11.5 Å². The standard InChI is InChI=1S/C25H29N3O5/c1-16(2)26-25(31)27-20-5-3-4-19(14-20)24(30)28-10-8-17(9-11-28)23(29)18-6-7-21-22(15-18)33-13-12-32-21/h3-7,14-17H,8-13H2,1-2H3,(H2,26,27,31). The van der Waals surface area contributed by atoms with Crippen molar-refractivity contribution >= 4 is 23.4 Å². The van der Waals surface area contributed by atoms with Crippen LogP contribution in [0.3, 0.4) is 0 Å². The van der Waals surface area contributed by atoms with Gasteiger partial charge in [-0.1, -0.05) is 6.07 Å². The van der Waals surface area contributed by atoms with E-state index in [9.17, 15) is 14.4 Å². The van der Waals surface area contributed by atoms with Crippen LogP contribution in [0.2, 0.25) is 0 Å². The van der Waals surface area contributed by atoms with Crippen molar-refractivity contribution in [1.29, 1.82) is 0 Å². The molecule has 8 nitrogen and oxygen atoms in total. The van der Waals surface area contributed by atoms with Crippen LogP contribution in [0.1, 0.15) is 47.4 Å². The van der Waals surface area contributed by atoms with Crippen LogP contribution in [0.4, 0.5) is 10.5 Å². The van der Waals surface area contributed by atoms with Gasteiger partial charge in [-0.15, -0.1) is 0 Å². The number of nitrogens with zero attached hydrogens (tertiary/aromatic N) is 1. The van der Waals surface area contributed by atoms with Crippen molar-refractivity contribution in [3.63, 3.8) is 0 Å². The molecule has 1 fully saturated rings. The molecule has 0 unspecified atom stereocenters. The number of benzene rings is 2. The van der Waals surface area contributed by atoms with Crippen LogP contribution in [-0.4, -0.2) is 55.0 Å². The molecule has 0 aromatic heterocycles. The van der Waals surface area contributed by atoms with Crippen molar-refractivity contribution in [2.45, 2.75) is 32.7 Å². The molecule has 1 saturated heterocycles. The Hall–Kier alpha value is -3.55. The normalized spacial score (nSPS) is 15.8. The highest BCUT2D eigenvalue weighted by atomic mass is 16.6. The number of anilines is 1. The monoisotopic (exact) mass is 451 g/mol. The van der Waals surface area contributed by atoms with Crippen LogP contribution in [0, 0.1) is 5.92 Å². The number of piperidine rings is 1. The van der Waals surface area contributed by atoms with Gasteiger partial charge in [0.15, 0.2) is 17.3 Å². The molecule has 2 aliphatic heterocycles. The first-order chi connectivity index (χ1) is 15.9. The summed E-state index contributed by atoms with van der Waals surface area (Å²) < 4.78 is 11.1. The van der Waals surface area contributed by atoms with Crippen LogP contribution in [-0.2, 0) is 0 Å². The van der Waals surface area contributed by atoms with Crippen molar-refractivity contribution in [1.82, 2.24) is 10.2 Å². The molecule has 0 aliphatic carbocycles. The minimum Gasteiger partial charge on any atom is -0.486 e. The number of urea groups is 1. The number of carbonyl (C=O) groups is 3. The van der Waals surface area contributed by atoms with Gasteiger partial charge in [0, 0.05) is 41.9 Å². The molecule has 0 spiro atoms. The Balaban J connectivity index is 1.35. The lowest BCUT2D eigenvalue weighted by molar-refractivity contribution is 0.0650. The minimum absolute atomic E-state index is 0.0148. The maximum Gasteiger partial charge on any atom is 0.319 e. The molecule has 2 heterocycles. The summed E-state index contributed by atoms with van der Waals surface area (Å²) in [4.78, 5) is 39.7. The van der Waals surface area contributed by atoms with Crippen LogP contribution < -0.4 is 20.1 Å². The number of nitrogens with one attached hydrogen (secondary N) is 2. The highest BCUT2D eigenvalue weighted by Crippen LogP contribution is 2.32. The number of rotatable bonds is 5. The Labute approximate surface area is 193 Å². The Morgan fingerprint density at radius 2 is 1.67 bits per heavy atom. The number of Topliss-reactive ketones (excluding diaryl/α,β-unsaturated/α-hetero) is 1. The molecule has 174 valence electrons. The van der Waals surface area contributed by atoms with Gasteiger partial charge >= 0.3 is 6.03 Å². The fourth-order valence-corrected chi connectivity index (χ4v) is 4.12. The molecular weight excluding hydrogens is 422 g/mol. The summed E-state index contributed by atoms with van der Waals surface area (Å²) in [5.41, 5.74) is 1.68. The Morgan fingerprint density at radius 3 is 2.39 bits per heavy atom. The summed E-state index contributed by atoms with van der Waals surface area (Å²) in [6.07, 6.45) is 1.21. The average Bonchev–Trinajstić information content (AvgIpc) is 2.82. The largest absolute Gasteiger partial charge is 0.486 e. The number of ether oxygens (including phenoxy) is 2. The second-order valence-electron chi connectivity index (χ2n) is 8.62. The lowest BCUT2D eigenvalue weighted by Crippen LogP contribution is -2.40. The predicted molar refractivity (Wildman–Crippen MR) is 124 cm³/mol. The van der Waals surface area contributed by atoms with E-state index in [0.717, 1.165) is 0 Å². The third kappa shape index (κ3) is 5.45. The van der Waals surface area contributed by atoms with Crippen LogP contribution in [0.25, 0.3) is 0 Å². The molecular formula is C25H29N3O5. The Kier molecular flexibility index (Phi) is 6.82. The first-order valence-electron chi connectivity index (χ1n) is 11.3. The van der Waals surface area contributed by atoms with Crippen molar-refractivity contribution in [3.05, 3.63) is 53.6 Å². The molecule has 0 radical (unpaired) electrons. The second kappa shape index (κ2) is 9.94. The number of ketones is 1. The maximum absolute atomic E-state index is 13.0. The number of likely N-dealkylation sites (tertiary alicyclic amines) is 1. The van der Waals surface area contributed by atoms with E-state index in [1.54, 1.807) is 47.4 Å². The summed E-state index contributed by atoms with van der Waals surface area (Å²) in [7, 11) is 0. The van der Waals surface area contributed by atoms with Crippen LogP contribution >= 0.6 is 0 Å². The second-order valence-corrected chi connectivity index (χ2v) is 8.62. The zero-order valence-corrected chi connectivity index (χ0v) is 18.9. The van der Waals surface area contributed by atoms with E-state index in [0.29, 0.717) is 67.5 Å². The highest BCUT2D eigenvalue weighted by molar-refractivity contribution is 5.99. The molecule has 4 rings (SSSR count). The fraction of sp³-hybridized carbons (Fsp3) is 0.400. The van der Waals surface area contributed by atoms with Gasteiger partial charge in [0.1, 0.15) is 13.2 Å². The van der Waals surface area contributed by atoms with E-state index in [-0.39, 0.29) is 29.7 Å². The van der Waals surface area contributed by atoms with E-state index >= 15 is 0 Å². The molecule has 0 atom stereocenters. The van der Waals surface area contributed by atoms with Gasteiger partial charge in [-0.3, -0.25) is 9.59 Å². The zero-order valence-electron chi connectivity index (χ0n) is 18.9. The molecule has 0 bridgehead atoms. The van der Waals surface area contributed by atoms with Crippen molar-refractivity contribution in [2.24, 2.45) is 5.92 Å². The summed E-state index contributed by atoms with van der Waals surface area (Å²) in [6, 6.07) is 11.9. The van der Waals surface area contributed by atoms with Gasteiger partial charge in [0.2, 0.25) is 0 Å². The quantitative estimate of drug-likeness (QED) is 0.676. The zero-order chi connectivity index (χ0) is 23.4. The number of carbonyl (C=O) groups excluding carboxylic acids is 3. The first kappa shape index (κ1) is 22.6. The lowest BCUT2D eigenvalue weighted by Gasteiger charge is -2.31. The van der Waals surface area contributed by atoms with Crippen molar-refractivity contribution < 1.29 is 23.9 Å². The molecule has 2 aromatic carbocycles. The van der Waals surface area contributed by atoms with E-state index in [4.69, 9.17) is 9.47 Å². The summed E-state index contributed by atoms with van der Waals surface area (Å²) >= 11 is 0. The van der Waals surface area contributed by atoms with Gasteiger partial charge in [0.25, 0.3) is 5.91 Å². The Morgan fingerprint density at radius 1 is 0.939 bits per heavy atom. The molecule has 0 saturated carbocycles. The summed E-state index contributed by atoms with van der Waals surface area (Å²) in [5.74, 6) is 1.10. The van der Waals surface area contributed by atoms with E-state index < -0.39 is 0 Å².